The van der Waals surface area contributed by atoms with E-state index < -0.39 is 18.2 Å². The summed E-state index contributed by atoms with van der Waals surface area (Å²) < 4.78 is 24.3. The lowest BCUT2D eigenvalue weighted by molar-refractivity contribution is 0.0876. The van der Waals surface area contributed by atoms with Gasteiger partial charge in [-0.2, -0.15) is 0 Å². The van der Waals surface area contributed by atoms with Crippen LogP contribution in [-0.4, -0.2) is 45.4 Å². The highest BCUT2D eigenvalue weighted by Crippen LogP contribution is 2.57. The third kappa shape index (κ3) is 5.06. The predicted octanol–water partition coefficient (Wildman–Crippen LogP) is 5.89. The van der Waals surface area contributed by atoms with E-state index in [1.165, 1.54) is 7.11 Å². The van der Waals surface area contributed by atoms with Crippen molar-refractivity contribution in [2.24, 2.45) is 0 Å². The second kappa shape index (κ2) is 12.1. The van der Waals surface area contributed by atoms with Gasteiger partial charge in [0.15, 0.2) is 17.7 Å². The van der Waals surface area contributed by atoms with Gasteiger partial charge in [0.2, 0.25) is 5.75 Å². The number of aliphatic hydroxyl groups is 3. The van der Waals surface area contributed by atoms with Gasteiger partial charge >= 0.3 is 0 Å². The summed E-state index contributed by atoms with van der Waals surface area (Å²) >= 11 is 0. The molecule has 1 fully saturated rings. The molecule has 0 radical (unpaired) electrons. The van der Waals surface area contributed by atoms with Gasteiger partial charge in [-0.15, -0.1) is 0 Å². The fraction of sp³-hybridized carbons (Fsp3) is 0.368. The van der Waals surface area contributed by atoms with Crippen molar-refractivity contribution in [3.63, 3.8) is 0 Å². The first kappa shape index (κ1) is 30.7. The highest BCUT2D eigenvalue weighted by atomic mass is 16.5. The third-order valence-electron chi connectivity index (χ3n) is 10.3. The first-order valence-corrected chi connectivity index (χ1v) is 16.6. The van der Waals surface area contributed by atoms with Crippen LogP contribution in [0.15, 0.2) is 48.5 Å². The van der Waals surface area contributed by atoms with Crippen molar-refractivity contribution < 1.29 is 44.5 Å². The van der Waals surface area contributed by atoms with Crippen molar-refractivity contribution in [2.75, 3.05) is 19.0 Å². The average Bonchev–Trinajstić information content (AvgIpc) is 3.61. The number of phenolic OH excluding ortho intramolecular Hbond substituents is 2. The van der Waals surface area contributed by atoms with Crippen LogP contribution in [0.3, 0.4) is 0 Å². The highest BCUT2D eigenvalue weighted by Gasteiger charge is 2.41. The molecule has 1 saturated carbocycles. The van der Waals surface area contributed by atoms with E-state index in [1.54, 1.807) is 18.2 Å². The summed E-state index contributed by atoms with van der Waals surface area (Å²) in [5.41, 5.74) is 7.33. The molecular formula is C38H39NO9. The summed E-state index contributed by atoms with van der Waals surface area (Å²) in [5.74, 6) is 1.03. The molecule has 8 rings (SSSR count). The number of aliphatic hydroxyl groups excluding tert-OH is 3. The summed E-state index contributed by atoms with van der Waals surface area (Å²) in [6.45, 7) is 0.351. The molecule has 4 aromatic rings. The molecule has 48 heavy (non-hydrogen) atoms. The molecular weight excluding hydrogens is 614 g/mol. The monoisotopic (exact) mass is 653 g/mol. The van der Waals surface area contributed by atoms with E-state index in [2.05, 4.69) is 5.32 Å². The van der Waals surface area contributed by atoms with Crippen LogP contribution in [0.1, 0.15) is 82.9 Å². The fourth-order valence-corrected chi connectivity index (χ4v) is 7.92. The molecule has 250 valence electrons. The Labute approximate surface area is 278 Å². The Morgan fingerprint density at radius 3 is 2.44 bits per heavy atom. The summed E-state index contributed by atoms with van der Waals surface area (Å²) in [6, 6.07) is 14.4. The van der Waals surface area contributed by atoms with E-state index in [0.29, 0.717) is 52.5 Å². The molecule has 0 amide bonds. The van der Waals surface area contributed by atoms with Gasteiger partial charge in [0, 0.05) is 46.0 Å². The molecule has 6 N–H and O–H groups in total. The van der Waals surface area contributed by atoms with Gasteiger partial charge in [-0.25, -0.2) is 0 Å². The number of aromatic hydroxyl groups is 2. The first-order chi connectivity index (χ1) is 23.3. The Kier molecular flexibility index (Phi) is 7.74. The summed E-state index contributed by atoms with van der Waals surface area (Å²) in [7, 11) is 1.49. The molecule has 3 atom stereocenters. The Hall–Kier alpha value is -4.64. The number of hydrogen-bond donors (Lipinski definition) is 6. The minimum absolute atomic E-state index is 0.0215. The van der Waals surface area contributed by atoms with E-state index >= 15 is 0 Å². The van der Waals surface area contributed by atoms with Gasteiger partial charge in [-0.05, 0) is 72.9 Å². The van der Waals surface area contributed by atoms with Crippen molar-refractivity contribution in [3.8, 4) is 45.6 Å². The van der Waals surface area contributed by atoms with Crippen LogP contribution in [0.4, 0.5) is 5.69 Å². The summed E-state index contributed by atoms with van der Waals surface area (Å²) in [6.07, 6.45) is 3.05. The van der Waals surface area contributed by atoms with Crippen molar-refractivity contribution in [3.05, 3.63) is 87.5 Å². The maximum Gasteiger partial charge on any atom is 0.200 e. The Balaban J connectivity index is 1.18. The van der Waals surface area contributed by atoms with E-state index in [9.17, 15) is 25.5 Å². The van der Waals surface area contributed by atoms with Crippen LogP contribution < -0.4 is 24.3 Å². The molecule has 2 heterocycles. The lowest BCUT2D eigenvalue weighted by Gasteiger charge is -2.39. The molecule has 0 aromatic heterocycles. The number of anilines is 1. The van der Waals surface area contributed by atoms with Gasteiger partial charge in [-0.1, -0.05) is 24.3 Å². The van der Waals surface area contributed by atoms with Gasteiger partial charge in [-0.3, -0.25) is 0 Å². The van der Waals surface area contributed by atoms with Crippen molar-refractivity contribution in [1.82, 2.24) is 0 Å². The predicted molar refractivity (Wildman–Crippen MR) is 177 cm³/mol. The smallest absolute Gasteiger partial charge is 0.200 e. The number of hydrogen-bond acceptors (Lipinski definition) is 10. The molecule has 4 aromatic carbocycles. The molecule has 10 nitrogen and oxygen atoms in total. The Bertz CT molecular complexity index is 1900. The molecule has 0 unspecified atom stereocenters. The van der Waals surface area contributed by atoms with Crippen LogP contribution in [0, 0.1) is 0 Å². The molecule has 10 heteroatoms. The van der Waals surface area contributed by atoms with Crippen LogP contribution >= 0.6 is 0 Å². The molecule has 0 spiro atoms. The topological polar surface area (TPSA) is 150 Å². The van der Waals surface area contributed by atoms with Crippen LogP contribution in [0.2, 0.25) is 0 Å². The average molecular weight is 654 g/mol. The summed E-state index contributed by atoms with van der Waals surface area (Å²) in [4.78, 5) is 0. The SMILES string of the molecule is COc1cc([C@H]2COc3cc4c5c(c3[C@H]2O)CCc2c(OCc3cccc(CO)c3)cc(O)c(c2-5)[C@@H](O)N4)cc(OC2CCCC2)c1O. The zero-order valence-electron chi connectivity index (χ0n) is 26.7. The van der Waals surface area contributed by atoms with Crippen molar-refractivity contribution in [1.29, 1.82) is 0 Å². The standard InChI is InChI=1S/C38H39NO9/c1-45-30-12-21(13-31(37(30)43)48-22-7-2-3-8-22)25-18-47-29-14-26-32-24(33(29)36(25)42)10-9-23-28(15-27(41)35(34(23)32)38(44)39-26)46-17-20-6-4-5-19(11-20)16-40/h4-6,11-15,22,25,36,38-44H,2-3,7-10,16-18H2,1H3/t25-,36+,38-/m1/s1. The Morgan fingerprint density at radius 2 is 1.65 bits per heavy atom. The number of benzene rings is 4. The van der Waals surface area contributed by atoms with Gasteiger partial charge in [0.25, 0.3) is 0 Å². The number of phenols is 2. The van der Waals surface area contributed by atoms with Gasteiger partial charge in [0.1, 0.15) is 23.9 Å². The first-order valence-electron chi connectivity index (χ1n) is 16.6. The van der Waals surface area contributed by atoms with Crippen molar-refractivity contribution in [2.45, 2.75) is 76.1 Å². The maximum atomic E-state index is 12.1. The van der Waals surface area contributed by atoms with Crippen LogP contribution in [0.5, 0.6) is 34.5 Å². The quantitative estimate of drug-likeness (QED) is 0.136. The van der Waals surface area contributed by atoms with Crippen LogP contribution in [-0.2, 0) is 26.1 Å². The minimum Gasteiger partial charge on any atom is -0.507 e. The Morgan fingerprint density at radius 1 is 0.875 bits per heavy atom. The second-order valence-electron chi connectivity index (χ2n) is 13.1. The zero-order valence-corrected chi connectivity index (χ0v) is 26.7. The number of fused-ring (bicyclic) bond motifs is 2. The molecule has 0 bridgehead atoms. The number of rotatable bonds is 8. The van der Waals surface area contributed by atoms with Crippen LogP contribution in [0.25, 0.3) is 11.1 Å². The lowest BCUT2D eigenvalue weighted by atomic mass is 9.74. The number of methoxy groups -OCH3 is 1. The normalized spacial score (nSPS) is 20.7. The van der Waals surface area contributed by atoms with Gasteiger partial charge < -0.3 is 49.8 Å². The number of ether oxygens (including phenoxy) is 4. The number of nitrogens with one attached hydrogen (secondary N) is 1. The maximum absolute atomic E-state index is 12.1. The third-order valence-corrected chi connectivity index (χ3v) is 10.3. The van der Waals surface area contributed by atoms with E-state index in [1.807, 2.05) is 30.3 Å². The van der Waals surface area contributed by atoms with E-state index in [4.69, 9.17) is 18.9 Å². The molecule has 4 aliphatic rings. The zero-order chi connectivity index (χ0) is 33.1. The summed E-state index contributed by atoms with van der Waals surface area (Å²) in [5, 5.41) is 58.0. The highest BCUT2D eigenvalue weighted by molar-refractivity contribution is 5.93. The van der Waals surface area contributed by atoms with Gasteiger partial charge in [0.05, 0.1) is 38.1 Å². The largest absolute Gasteiger partial charge is 0.507 e. The molecule has 2 aliphatic carbocycles. The molecule has 2 aliphatic heterocycles. The minimum atomic E-state index is -1.16. The molecule has 0 saturated heterocycles. The fourth-order valence-electron chi connectivity index (χ4n) is 7.92. The lowest BCUT2D eigenvalue weighted by Crippen LogP contribution is -2.29. The van der Waals surface area contributed by atoms with E-state index in [0.717, 1.165) is 59.1 Å². The van der Waals surface area contributed by atoms with E-state index in [-0.39, 0.29) is 43.2 Å². The second-order valence-corrected chi connectivity index (χ2v) is 13.1. The van der Waals surface area contributed by atoms with Crippen molar-refractivity contribution >= 4 is 5.69 Å².